The van der Waals surface area contributed by atoms with Crippen LogP contribution in [0.15, 0.2) is 30.3 Å². The smallest absolute Gasteiger partial charge is 0.224 e. The van der Waals surface area contributed by atoms with E-state index in [-0.39, 0.29) is 12.3 Å². The van der Waals surface area contributed by atoms with Gasteiger partial charge < -0.3 is 24.3 Å². The third-order valence-corrected chi connectivity index (χ3v) is 4.12. The Morgan fingerprint density at radius 3 is 2.04 bits per heavy atom. The molecule has 6 nitrogen and oxygen atoms in total. The first-order chi connectivity index (χ1) is 13.0. The monoisotopic (exact) mass is 369 g/mol. The third-order valence-electron chi connectivity index (χ3n) is 4.12. The first-order valence-electron chi connectivity index (χ1n) is 8.50. The van der Waals surface area contributed by atoms with Crippen LogP contribution >= 0.6 is 0 Å². The summed E-state index contributed by atoms with van der Waals surface area (Å²) in [6, 6.07) is 9.13. The van der Waals surface area contributed by atoms with E-state index < -0.39 is 0 Å². The maximum absolute atomic E-state index is 12.3. The number of carbonyl (C=O) groups is 1. The van der Waals surface area contributed by atoms with Gasteiger partial charge in [-0.1, -0.05) is 17.6 Å². The van der Waals surface area contributed by atoms with Crippen molar-refractivity contribution >= 4 is 19.2 Å². The number of nitrogens with one attached hydrogen (secondary N) is 1. The second kappa shape index (κ2) is 9.76. The van der Waals surface area contributed by atoms with Gasteiger partial charge in [-0.05, 0) is 35.7 Å². The number of hydrogen-bond acceptors (Lipinski definition) is 5. The lowest BCUT2D eigenvalue weighted by molar-refractivity contribution is -0.120. The van der Waals surface area contributed by atoms with Gasteiger partial charge in [0.05, 0.1) is 34.9 Å². The molecule has 7 heteroatoms. The molecule has 0 aliphatic carbocycles. The Morgan fingerprint density at radius 2 is 1.48 bits per heavy atom. The standard InChI is InChI=1S/C20H24BNO5/c1-24-16-9-13(5-6-15(16)21)7-8-22-19(23)12-14-10-17(25-2)20(27-4)18(11-14)26-3/h5-6,9-11H,7-8,12H2,1-4H3,(H,22,23). The van der Waals surface area contributed by atoms with Crippen molar-refractivity contribution in [2.24, 2.45) is 0 Å². The van der Waals surface area contributed by atoms with Crippen molar-refractivity contribution in [1.82, 2.24) is 5.32 Å². The maximum Gasteiger partial charge on any atom is 0.224 e. The summed E-state index contributed by atoms with van der Waals surface area (Å²) in [7, 11) is 12.0. The summed E-state index contributed by atoms with van der Waals surface area (Å²) in [5, 5.41) is 2.91. The predicted octanol–water partition coefficient (Wildman–Crippen LogP) is 1.42. The molecule has 0 atom stereocenters. The minimum atomic E-state index is -0.0910. The molecule has 0 fully saturated rings. The Morgan fingerprint density at radius 1 is 0.889 bits per heavy atom. The van der Waals surface area contributed by atoms with Crippen molar-refractivity contribution < 1.29 is 23.7 Å². The number of hydrogen-bond donors (Lipinski definition) is 1. The number of ether oxygens (including phenoxy) is 4. The molecule has 1 N–H and O–H groups in total. The van der Waals surface area contributed by atoms with Crippen molar-refractivity contribution in [3.05, 3.63) is 41.5 Å². The number of amides is 1. The van der Waals surface area contributed by atoms with E-state index in [9.17, 15) is 4.79 Å². The number of methoxy groups -OCH3 is 4. The van der Waals surface area contributed by atoms with Crippen LogP contribution in [0.25, 0.3) is 0 Å². The molecule has 0 aliphatic rings. The van der Waals surface area contributed by atoms with Gasteiger partial charge in [0.15, 0.2) is 11.5 Å². The van der Waals surface area contributed by atoms with E-state index in [1.807, 2.05) is 12.1 Å². The Balaban J connectivity index is 1.96. The zero-order chi connectivity index (χ0) is 19.8. The predicted molar refractivity (Wildman–Crippen MR) is 105 cm³/mol. The molecule has 2 aromatic carbocycles. The lowest BCUT2D eigenvalue weighted by Gasteiger charge is -2.14. The fraction of sp³-hybridized carbons (Fsp3) is 0.350. The molecule has 0 saturated heterocycles. The van der Waals surface area contributed by atoms with Crippen LogP contribution in [0.2, 0.25) is 0 Å². The van der Waals surface area contributed by atoms with Crippen LogP contribution in [0.1, 0.15) is 11.1 Å². The number of benzene rings is 2. The fourth-order valence-electron chi connectivity index (χ4n) is 2.74. The molecule has 0 heterocycles. The highest BCUT2D eigenvalue weighted by atomic mass is 16.5. The average Bonchev–Trinajstić information content (AvgIpc) is 2.68. The minimum absolute atomic E-state index is 0.0910. The van der Waals surface area contributed by atoms with Crippen molar-refractivity contribution in [2.75, 3.05) is 35.0 Å². The average molecular weight is 369 g/mol. The van der Waals surface area contributed by atoms with Crippen LogP contribution in [0, 0.1) is 0 Å². The van der Waals surface area contributed by atoms with E-state index in [1.165, 1.54) is 0 Å². The third kappa shape index (κ3) is 5.32. The van der Waals surface area contributed by atoms with Gasteiger partial charge in [-0.15, -0.1) is 0 Å². The van der Waals surface area contributed by atoms with Crippen molar-refractivity contribution in [2.45, 2.75) is 12.8 Å². The minimum Gasteiger partial charge on any atom is -0.497 e. The van der Waals surface area contributed by atoms with Crippen LogP contribution in [0.4, 0.5) is 0 Å². The van der Waals surface area contributed by atoms with E-state index in [1.54, 1.807) is 46.6 Å². The van der Waals surface area contributed by atoms with Crippen LogP contribution in [-0.4, -0.2) is 48.7 Å². The van der Waals surface area contributed by atoms with Crippen LogP contribution in [-0.2, 0) is 17.6 Å². The number of rotatable bonds is 9. The molecular formula is C20H24BNO5. The highest BCUT2D eigenvalue weighted by Crippen LogP contribution is 2.38. The van der Waals surface area contributed by atoms with E-state index >= 15 is 0 Å². The number of carbonyl (C=O) groups excluding carboxylic acids is 1. The molecular weight excluding hydrogens is 345 g/mol. The van der Waals surface area contributed by atoms with Crippen molar-refractivity contribution in [1.29, 1.82) is 0 Å². The molecule has 0 spiro atoms. The molecule has 142 valence electrons. The molecule has 2 aromatic rings. The zero-order valence-electron chi connectivity index (χ0n) is 16.1. The topological polar surface area (TPSA) is 66.0 Å². The summed E-state index contributed by atoms with van der Waals surface area (Å²) in [5.41, 5.74) is 2.40. The van der Waals surface area contributed by atoms with E-state index in [4.69, 9.17) is 26.8 Å². The van der Waals surface area contributed by atoms with Crippen LogP contribution < -0.4 is 29.7 Å². The van der Waals surface area contributed by atoms with Gasteiger partial charge >= 0.3 is 0 Å². The first kappa shape index (κ1) is 20.5. The molecule has 0 aliphatic heterocycles. The second-order valence-corrected chi connectivity index (χ2v) is 5.89. The molecule has 0 saturated carbocycles. The summed E-state index contributed by atoms with van der Waals surface area (Å²) >= 11 is 0. The van der Waals surface area contributed by atoms with Crippen molar-refractivity contribution in [3.8, 4) is 23.0 Å². The molecule has 0 unspecified atom stereocenters. The molecule has 2 radical (unpaired) electrons. The van der Waals surface area contributed by atoms with Gasteiger partial charge in [0.1, 0.15) is 13.6 Å². The molecule has 2 rings (SSSR count). The molecule has 27 heavy (non-hydrogen) atoms. The Kier molecular flexibility index (Phi) is 7.40. The van der Waals surface area contributed by atoms with Gasteiger partial charge in [0.2, 0.25) is 11.7 Å². The van der Waals surface area contributed by atoms with Gasteiger partial charge in [-0.2, -0.15) is 0 Å². The quantitative estimate of drug-likeness (QED) is 0.678. The van der Waals surface area contributed by atoms with Gasteiger partial charge in [0, 0.05) is 6.54 Å². The Bertz CT molecular complexity index is 769. The zero-order valence-corrected chi connectivity index (χ0v) is 16.1. The fourth-order valence-corrected chi connectivity index (χ4v) is 2.74. The highest BCUT2D eigenvalue weighted by molar-refractivity contribution is 6.34. The molecule has 0 bridgehead atoms. The van der Waals surface area contributed by atoms with Crippen LogP contribution in [0.5, 0.6) is 23.0 Å². The SMILES string of the molecule is [B]c1ccc(CCNC(=O)Cc2cc(OC)c(OC)c(OC)c2)cc1OC. The summed E-state index contributed by atoms with van der Waals surface area (Å²) in [4.78, 5) is 12.3. The highest BCUT2D eigenvalue weighted by Gasteiger charge is 2.14. The first-order valence-corrected chi connectivity index (χ1v) is 8.50. The molecule has 1 amide bonds. The van der Waals surface area contributed by atoms with E-state index in [2.05, 4.69) is 5.32 Å². The largest absolute Gasteiger partial charge is 0.497 e. The Hall–Kier alpha value is -2.83. The molecule has 0 aromatic heterocycles. The van der Waals surface area contributed by atoms with Gasteiger partial charge in [0.25, 0.3) is 0 Å². The maximum atomic E-state index is 12.3. The summed E-state index contributed by atoms with van der Waals surface area (Å²) in [6.45, 7) is 0.510. The van der Waals surface area contributed by atoms with Gasteiger partial charge in [-0.25, -0.2) is 0 Å². The van der Waals surface area contributed by atoms with Crippen molar-refractivity contribution in [3.63, 3.8) is 0 Å². The van der Waals surface area contributed by atoms with Crippen LogP contribution in [0.3, 0.4) is 0 Å². The Labute approximate surface area is 161 Å². The lowest BCUT2D eigenvalue weighted by Crippen LogP contribution is -2.27. The summed E-state index contributed by atoms with van der Waals surface area (Å²) < 4.78 is 21.1. The summed E-state index contributed by atoms with van der Waals surface area (Å²) in [6.07, 6.45) is 0.888. The van der Waals surface area contributed by atoms with E-state index in [0.717, 1.165) is 11.1 Å². The summed E-state index contributed by atoms with van der Waals surface area (Å²) in [5.74, 6) is 2.09. The van der Waals surface area contributed by atoms with E-state index in [0.29, 0.717) is 41.4 Å². The lowest BCUT2D eigenvalue weighted by atomic mass is 9.93. The normalized spacial score (nSPS) is 10.2. The second-order valence-electron chi connectivity index (χ2n) is 5.89. The van der Waals surface area contributed by atoms with Gasteiger partial charge in [-0.3, -0.25) is 4.79 Å².